The summed E-state index contributed by atoms with van der Waals surface area (Å²) < 4.78 is 6.35. The van der Waals surface area contributed by atoms with Crippen molar-refractivity contribution in [2.24, 2.45) is 5.10 Å². The zero-order valence-corrected chi connectivity index (χ0v) is 21.4. The third kappa shape index (κ3) is 5.34. The molecule has 1 aromatic heterocycles. The average molecular weight is 540 g/mol. The Hall–Kier alpha value is -3.74. The highest BCUT2D eigenvalue weighted by molar-refractivity contribution is 9.10. The van der Waals surface area contributed by atoms with Crippen molar-refractivity contribution < 1.29 is 4.74 Å². The topological polar surface area (TPSA) is 46.5 Å². The minimum absolute atomic E-state index is 0.728. The highest BCUT2D eigenvalue weighted by Crippen LogP contribution is 2.39. The number of ether oxygens (including phenoxy) is 1. The Bertz CT molecular complexity index is 1370. The van der Waals surface area contributed by atoms with E-state index in [9.17, 15) is 0 Å². The summed E-state index contributed by atoms with van der Waals surface area (Å²) in [5.74, 6) is 0.803. The molecule has 0 spiro atoms. The molecular formula is C29H22BrN3OS. The second-order valence-corrected chi connectivity index (χ2v) is 9.65. The molecule has 0 amide bonds. The summed E-state index contributed by atoms with van der Waals surface area (Å²) in [6, 6.07) is 36.6. The fraction of sp³-hybridized carbons (Fsp3) is 0.0345. The first-order chi connectivity index (χ1) is 17.2. The van der Waals surface area contributed by atoms with Gasteiger partial charge in [-0.15, -0.1) is 0 Å². The van der Waals surface area contributed by atoms with Crippen LogP contribution in [0.25, 0.3) is 21.7 Å². The van der Waals surface area contributed by atoms with Gasteiger partial charge in [-0.1, -0.05) is 100 Å². The molecule has 4 aromatic carbocycles. The minimum Gasteiger partial charge on any atom is -0.497 e. The Morgan fingerprint density at radius 1 is 0.771 bits per heavy atom. The van der Waals surface area contributed by atoms with Crippen molar-refractivity contribution in [1.82, 2.24) is 4.98 Å². The second kappa shape index (κ2) is 10.7. The van der Waals surface area contributed by atoms with Crippen molar-refractivity contribution >= 4 is 38.1 Å². The summed E-state index contributed by atoms with van der Waals surface area (Å²) in [4.78, 5) is 6.03. The van der Waals surface area contributed by atoms with Gasteiger partial charge in [0.2, 0.25) is 5.13 Å². The number of rotatable bonds is 7. The molecule has 6 heteroatoms. The summed E-state index contributed by atoms with van der Waals surface area (Å²) in [6.07, 6.45) is 0. The van der Waals surface area contributed by atoms with Crippen LogP contribution in [0.1, 0.15) is 11.1 Å². The molecule has 5 rings (SSSR count). The van der Waals surface area contributed by atoms with Crippen LogP contribution in [-0.4, -0.2) is 17.8 Å². The normalized spacial score (nSPS) is 11.3. The lowest BCUT2D eigenvalue weighted by Gasteiger charge is -2.09. The standard InChI is InChI=1S/C29H22BrN3OS/c1-34-25-18-14-22(15-19-25)26(21-12-16-24(30)17-13-21)32-33-29-31-27(20-8-4-2-5-9-20)28(35-29)23-10-6-3-7-11-23/h2-19H,1H3,(H,31,33). The van der Waals surface area contributed by atoms with Gasteiger partial charge in [0.25, 0.3) is 0 Å². The molecule has 0 aliphatic heterocycles. The number of thiazole rings is 1. The number of nitrogens with one attached hydrogen (secondary N) is 1. The molecule has 0 atom stereocenters. The van der Waals surface area contributed by atoms with Crippen LogP contribution in [0.2, 0.25) is 0 Å². The van der Waals surface area contributed by atoms with Gasteiger partial charge in [-0.3, -0.25) is 5.43 Å². The Kier molecular flexibility index (Phi) is 7.02. The average Bonchev–Trinajstić information content (AvgIpc) is 3.35. The van der Waals surface area contributed by atoms with Crippen molar-refractivity contribution in [3.63, 3.8) is 0 Å². The van der Waals surface area contributed by atoms with Gasteiger partial charge in [-0.25, -0.2) is 4.98 Å². The van der Waals surface area contributed by atoms with Gasteiger partial charge in [-0.05, 0) is 42.0 Å². The zero-order valence-electron chi connectivity index (χ0n) is 19.0. The molecule has 1 N–H and O–H groups in total. The molecule has 0 fully saturated rings. The monoisotopic (exact) mass is 539 g/mol. The molecule has 0 aliphatic carbocycles. The Morgan fingerprint density at radius 3 is 1.94 bits per heavy atom. The maximum Gasteiger partial charge on any atom is 0.204 e. The molecule has 4 nitrogen and oxygen atoms in total. The SMILES string of the molecule is COc1ccc(C(=NNc2nc(-c3ccccc3)c(-c3ccccc3)s2)c2ccc(Br)cc2)cc1. The first kappa shape index (κ1) is 23.0. The van der Waals surface area contributed by atoms with Crippen molar-refractivity contribution in [2.75, 3.05) is 12.5 Å². The molecule has 35 heavy (non-hydrogen) atoms. The van der Waals surface area contributed by atoms with Crippen LogP contribution in [0.4, 0.5) is 5.13 Å². The van der Waals surface area contributed by atoms with E-state index >= 15 is 0 Å². The number of hydrogen-bond acceptors (Lipinski definition) is 5. The van der Waals surface area contributed by atoms with E-state index in [4.69, 9.17) is 14.8 Å². The minimum atomic E-state index is 0.728. The molecule has 0 radical (unpaired) electrons. The third-order valence-corrected chi connectivity index (χ3v) is 6.99. The molecule has 0 saturated carbocycles. The van der Waals surface area contributed by atoms with Gasteiger partial charge in [0, 0.05) is 21.2 Å². The van der Waals surface area contributed by atoms with E-state index in [0.717, 1.165) is 53.9 Å². The van der Waals surface area contributed by atoms with Crippen molar-refractivity contribution in [3.8, 4) is 27.4 Å². The lowest BCUT2D eigenvalue weighted by Crippen LogP contribution is -2.06. The number of hydrogen-bond donors (Lipinski definition) is 1. The van der Waals surface area contributed by atoms with E-state index in [-0.39, 0.29) is 0 Å². The number of halogens is 1. The Morgan fingerprint density at radius 2 is 1.34 bits per heavy atom. The van der Waals surface area contributed by atoms with Crippen LogP contribution in [0.3, 0.4) is 0 Å². The Labute approximate surface area is 217 Å². The molecule has 0 unspecified atom stereocenters. The maximum absolute atomic E-state index is 5.33. The molecule has 0 aliphatic rings. The number of anilines is 1. The van der Waals surface area contributed by atoms with Gasteiger partial charge in [0.05, 0.1) is 23.4 Å². The largest absolute Gasteiger partial charge is 0.497 e. The van der Waals surface area contributed by atoms with Gasteiger partial charge < -0.3 is 4.74 Å². The van der Waals surface area contributed by atoms with E-state index < -0.39 is 0 Å². The second-order valence-electron chi connectivity index (χ2n) is 7.74. The smallest absolute Gasteiger partial charge is 0.204 e. The number of hydrazone groups is 1. The predicted octanol–water partition coefficient (Wildman–Crippen LogP) is 8.11. The first-order valence-corrected chi connectivity index (χ1v) is 12.7. The third-order valence-electron chi connectivity index (χ3n) is 5.45. The number of nitrogens with zero attached hydrogens (tertiary/aromatic N) is 2. The van der Waals surface area contributed by atoms with Crippen molar-refractivity contribution in [1.29, 1.82) is 0 Å². The van der Waals surface area contributed by atoms with Crippen LogP contribution in [0.5, 0.6) is 5.75 Å². The predicted molar refractivity (Wildman–Crippen MR) is 149 cm³/mol. The lowest BCUT2D eigenvalue weighted by molar-refractivity contribution is 0.415. The van der Waals surface area contributed by atoms with Crippen LogP contribution in [0.15, 0.2) is 119 Å². The molecule has 5 aromatic rings. The summed E-state index contributed by atoms with van der Waals surface area (Å²) in [7, 11) is 1.66. The van der Waals surface area contributed by atoms with E-state index in [0.29, 0.717) is 0 Å². The first-order valence-electron chi connectivity index (χ1n) is 11.1. The molecule has 0 bridgehead atoms. The lowest BCUT2D eigenvalue weighted by atomic mass is 10.0. The van der Waals surface area contributed by atoms with Gasteiger partial charge in [0.1, 0.15) is 5.75 Å². The van der Waals surface area contributed by atoms with E-state index in [2.05, 4.69) is 45.6 Å². The highest BCUT2D eigenvalue weighted by Gasteiger charge is 2.15. The highest BCUT2D eigenvalue weighted by atomic mass is 79.9. The fourth-order valence-electron chi connectivity index (χ4n) is 3.70. The summed E-state index contributed by atoms with van der Waals surface area (Å²) in [5.41, 5.74) is 9.17. The van der Waals surface area contributed by atoms with Gasteiger partial charge >= 0.3 is 0 Å². The van der Waals surface area contributed by atoms with Crippen LogP contribution in [0, 0.1) is 0 Å². The van der Waals surface area contributed by atoms with Gasteiger partial charge in [-0.2, -0.15) is 5.10 Å². The molecular weight excluding hydrogens is 518 g/mol. The van der Waals surface area contributed by atoms with Crippen LogP contribution >= 0.6 is 27.3 Å². The summed E-state index contributed by atoms with van der Waals surface area (Å²) >= 11 is 5.11. The van der Waals surface area contributed by atoms with E-state index in [1.165, 1.54) is 0 Å². The van der Waals surface area contributed by atoms with Crippen LogP contribution < -0.4 is 10.2 Å². The zero-order chi connectivity index (χ0) is 24.0. The van der Waals surface area contributed by atoms with Gasteiger partial charge in [0.15, 0.2) is 0 Å². The molecule has 172 valence electrons. The molecule has 0 saturated heterocycles. The molecule has 1 heterocycles. The summed E-state index contributed by atoms with van der Waals surface area (Å²) in [6.45, 7) is 0. The van der Waals surface area contributed by atoms with E-state index in [1.54, 1.807) is 18.4 Å². The van der Waals surface area contributed by atoms with E-state index in [1.807, 2.05) is 84.9 Å². The number of benzene rings is 4. The maximum atomic E-state index is 5.33. The summed E-state index contributed by atoms with van der Waals surface area (Å²) in [5, 5.41) is 5.55. The Balaban J connectivity index is 1.55. The van der Waals surface area contributed by atoms with Crippen molar-refractivity contribution in [2.45, 2.75) is 0 Å². The number of aromatic nitrogens is 1. The van der Waals surface area contributed by atoms with Crippen LogP contribution in [-0.2, 0) is 0 Å². The van der Waals surface area contributed by atoms with Crippen molar-refractivity contribution in [3.05, 3.63) is 125 Å². The fourth-order valence-corrected chi connectivity index (χ4v) is 4.90. The number of methoxy groups -OCH3 is 1. The quantitative estimate of drug-likeness (QED) is 0.168.